The van der Waals surface area contributed by atoms with Crippen molar-refractivity contribution in [2.75, 3.05) is 6.61 Å². The maximum Gasteiger partial charge on any atom is 0.331 e. The van der Waals surface area contributed by atoms with Crippen LogP contribution in [0.3, 0.4) is 0 Å². The average Bonchev–Trinajstić information content (AvgIpc) is 2.62. The van der Waals surface area contributed by atoms with Crippen LogP contribution in [0.4, 0.5) is 5.69 Å². The molecule has 2 rings (SSSR count). The molecular formula is C19H24N2O5. The number of nitrogens with zero attached hydrogens (tertiary/aromatic N) is 1. The minimum atomic E-state index is -0.636. The minimum absolute atomic E-state index is 0.0207. The van der Waals surface area contributed by atoms with E-state index in [2.05, 4.69) is 19.2 Å². The van der Waals surface area contributed by atoms with Gasteiger partial charge in [0.2, 0.25) is 0 Å². The highest BCUT2D eigenvalue weighted by Crippen LogP contribution is 2.29. The van der Waals surface area contributed by atoms with Crippen LogP contribution in [0.2, 0.25) is 0 Å². The summed E-state index contributed by atoms with van der Waals surface area (Å²) < 4.78 is 4.95. The number of nitro groups is 1. The fraction of sp³-hybridized carbons (Fsp3) is 0.474. The molecule has 1 N–H and O–H groups in total. The number of amides is 1. The van der Waals surface area contributed by atoms with Crippen LogP contribution in [0.15, 0.2) is 30.3 Å². The molecule has 0 heterocycles. The SMILES string of the molecule is C[C@H]1[C@@H](NC(=O)COC(=O)/C=C/c2ccc([N+](=O)[O-])cc2)CCC[C@@H]1C. The molecule has 0 unspecified atom stereocenters. The Morgan fingerprint density at radius 3 is 2.62 bits per heavy atom. The number of hydrogen-bond acceptors (Lipinski definition) is 5. The topological polar surface area (TPSA) is 98.5 Å². The van der Waals surface area contributed by atoms with Gasteiger partial charge in [0, 0.05) is 24.3 Å². The van der Waals surface area contributed by atoms with E-state index in [4.69, 9.17) is 4.74 Å². The van der Waals surface area contributed by atoms with Gasteiger partial charge in [0.1, 0.15) is 0 Å². The first-order valence-electron chi connectivity index (χ1n) is 8.75. The van der Waals surface area contributed by atoms with E-state index < -0.39 is 10.9 Å². The van der Waals surface area contributed by atoms with Crippen molar-refractivity contribution < 1.29 is 19.2 Å². The number of hydrogen-bond donors (Lipinski definition) is 1. The van der Waals surface area contributed by atoms with Crippen molar-refractivity contribution in [3.63, 3.8) is 0 Å². The Hall–Kier alpha value is -2.70. The second-order valence-corrected chi connectivity index (χ2v) is 6.73. The summed E-state index contributed by atoms with van der Waals surface area (Å²) in [6.07, 6.45) is 5.89. The van der Waals surface area contributed by atoms with E-state index in [9.17, 15) is 19.7 Å². The zero-order chi connectivity index (χ0) is 19.1. The third-order valence-electron chi connectivity index (χ3n) is 4.91. The van der Waals surface area contributed by atoms with Gasteiger partial charge in [-0.1, -0.05) is 26.7 Å². The number of non-ortho nitro benzene ring substituents is 1. The summed E-state index contributed by atoms with van der Waals surface area (Å²) in [6.45, 7) is 4.00. The lowest BCUT2D eigenvalue weighted by molar-refractivity contribution is -0.384. The summed E-state index contributed by atoms with van der Waals surface area (Å²) in [7, 11) is 0. The molecule has 1 aliphatic carbocycles. The van der Waals surface area contributed by atoms with Gasteiger partial charge in [-0.05, 0) is 42.0 Å². The Balaban J connectivity index is 1.77. The Morgan fingerprint density at radius 2 is 1.96 bits per heavy atom. The minimum Gasteiger partial charge on any atom is -0.452 e. The number of rotatable bonds is 6. The highest BCUT2D eigenvalue weighted by Gasteiger charge is 2.28. The molecule has 0 aliphatic heterocycles. The summed E-state index contributed by atoms with van der Waals surface area (Å²) in [6, 6.07) is 5.89. The molecule has 1 saturated carbocycles. The van der Waals surface area contributed by atoms with E-state index in [1.165, 1.54) is 42.8 Å². The molecule has 0 spiro atoms. The van der Waals surface area contributed by atoms with Crippen LogP contribution in [-0.2, 0) is 14.3 Å². The quantitative estimate of drug-likeness (QED) is 0.364. The third kappa shape index (κ3) is 5.68. The molecular weight excluding hydrogens is 336 g/mol. The van der Waals surface area contributed by atoms with E-state index in [0.29, 0.717) is 17.4 Å². The third-order valence-corrected chi connectivity index (χ3v) is 4.91. The van der Waals surface area contributed by atoms with Gasteiger partial charge in [0.25, 0.3) is 11.6 Å². The number of ether oxygens (including phenoxy) is 1. The first-order valence-corrected chi connectivity index (χ1v) is 8.75. The van der Waals surface area contributed by atoms with Crippen molar-refractivity contribution in [2.45, 2.75) is 39.2 Å². The van der Waals surface area contributed by atoms with Crippen LogP contribution in [0.5, 0.6) is 0 Å². The summed E-state index contributed by atoms with van der Waals surface area (Å²) in [5.41, 5.74) is 0.606. The van der Waals surface area contributed by atoms with Gasteiger partial charge in [-0.2, -0.15) is 0 Å². The van der Waals surface area contributed by atoms with Crippen LogP contribution in [-0.4, -0.2) is 29.4 Å². The molecule has 0 radical (unpaired) electrons. The number of carbonyl (C=O) groups is 2. The second kappa shape index (κ2) is 9.12. The molecule has 0 saturated heterocycles. The highest BCUT2D eigenvalue weighted by atomic mass is 16.6. The lowest BCUT2D eigenvalue weighted by Crippen LogP contribution is -2.45. The Labute approximate surface area is 152 Å². The monoisotopic (exact) mass is 360 g/mol. The van der Waals surface area contributed by atoms with Crippen LogP contribution in [0, 0.1) is 22.0 Å². The van der Waals surface area contributed by atoms with Gasteiger partial charge in [0.15, 0.2) is 6.61 Å². The summed E-state index contributed by atoms with van der Waals surface area (Å²) in [5, 5.41) is 13.5. The molecule has 140 valence electrons. The molecule has 1 aromatic rings. The predicted molar refractivity (Wildman–Crippen MR) is 97.2 cm³/mol. The number of nitro benzene ring substituents is 1. The lowest BCUT2D eigenvalue weighted by atomic mass is 9.78. The van der Waals surface area contributed by atoms with Gasteiger partial charge < -0.3 is 10.1 Å². The molecule has 1 aliphatic rings. The second-order valence-electron chi connectivity index (χ2n) is 6.73. The Kier molecular flexibility index (Phi) is 6.89. The molecule has 26 heavy (non-hydrogen) atoms. The fourth-order valence-corrected chi connectivity index (χ4v) is 3.09. The first-order chi connectivity index (χ1) is 12.4. The zero-order valence-corrected chi connectivity index (χ0v) is 15.0. The maximum absolute atomic E-state index is 12.0. The van der Waals surface area contributed by atoms with Crippen molar-refractivity contribution >= 4 is 23.6 Å². The number of esters is 1. The predicted octanol–water partition coefficient (Wildman–Crippen LogP) is 3.09. The molecule has 1 fully saturated rings. The Bertz CT molecular complexity index is 684. The number of benzene rings is 1. The van der Waals surface area contributed by atoms with E-state index in [0.717, 1.165) is 12.8 Å². The van der Waals surface area contributed by atoms with Crippen molar-refractivity contribution in [1.82, 2.24) is 5.32 Å². The van der Waals surface area contributed by atoms with Gasteiger partial charge in [-0.3, -0.25) is 14.9 Å². The normalized spacial score (nSPS) is 22.8. The van der Waals surface area contributed by atoms with Crippen LogP contribution >= 0.6 is 0 Å². The van der Waals surface area contributed by atoms with Crippen molar-refractivity contribution in [2.24, 2.45) is 11.8 Å². The standard InChI is InChI=1S/C19H24N2O5/c1-13-4-3-5-17(14(13)2)20-18(22)12-26-19(23)11-8-15-6-9-16(10-7-15)21(24)25/h6-11,13-14,17H,3-5,12H2,1-2H3,(H,20,22)/b11-8+/t13-,14+,17-/m0/s1. The van der Waals surface area contributed by atoms with Gasteiger partial charge in [-0.15, -0.1) is 0 Å². The lowest BCUT2D eigenvalue weighted by Gasteiger charge is -2.34. The largest absolute Gasteiger partial charge is 0.452 e. The molecule has 7 heteroatoms. The van der Waals surface area contributed by atoms with Gasteiger partial charge in [0.05, 0.1) is 4.92 Å². The molecule has 0 aromatic heterocycles. The molecule has 7 nitrogen and oxygen atoms in total. The molecule has 0 bridgehead atoms. The van der Waals surface area contributed by atoms with Crippen molar-refractivity contribution in [1.29, 1.82) is 0 Å². The smallest absolute Gasteiger partial charge is 0.331 e. The molecule has 1 aromatic carbocycles. The van der Waals surface area contributed by atoms with E-state index >= 15 is 0 Å². The van der Waals surface area contributed by atoms with Crippen LogP contribution < -0.4 is 5.32 Å². The summed E-state index contributed by atoms with van der Waals surface area (Å²) in [4.78, 5) is 33.8. The average molecular weight is 360 g/mol. The zero-order valence-electron chi connectivity index (χ0n) is 15.0. The summed E-state index contributed by atoms with van der Waals surface area (Å²) in [5.74, 6) is 0.0447. The Morgan fingerprint density at radius 1 is 1.27 bits per heavy atom. The molecule has 1 amide bonds. The van der Waals surface area contributed by atoms with Crippen molar-refractivity contribution in [3.05, 3.63) is 46.0 Å². The van der Waals surface area contributed by atoms with E-state index in [1.54, 1.807) is 0 Å². The first kappa shape index (κ1) is 19.6. The maximum atomic E-state index is 12.0. The highest BCUT2D eigenvalue weighted by molar-refractivity contribution is 5.89. The number of nitrogens with one attached hydrogen (secondary N) is 1. The summed E-state index contributed by atoms with van der Waals surface area (Å²) >= 11 is 0. The van der Waals surface area contributed by atoms with E-state index in [-0.39, 0.29) is 24.2 Å². The fourth-order valence-electron chi connectivity index (χ4n) is 3.09. The van der Waals surface area contributed by atoms with Crippen molar-refractivity contribution in [3.8, 4) is 0 Å². The number of carbonyl (C=O) groups excluding carboxylic acids is 2. The molecule has 3 atom stereocenters. The van der Waals surface area contributed by atoms with Gasteiger partial charge >= 0.3 is 5.97 Å². The van der Waals surface area contributed by atoms with Crippen LogP contribution in [0.25, 0.3) is 6.08 Å². The van der Waals surface area contributed by atoms with Gasteiger partial charge in [-0.25, -0.2) is 4.79 Å². The van der Waals surface area contributed by atoms with E-state index in [1.807, 2.05) is 0 Å². The van der Waals surface area contributed by atoms with Crippen LogP contribution in [0.1, 0.15) is 38.7 Å².